The van der Waals surface area contributed by atoms with Crippen molar-refractivity contribution in [1.29, 1.82) is 0 Å². The molecule has 2 atom stereocenters. The molecule has 1 aliphatic rings. The third kappa shape index (κ3) is 5.83. The van der Waals surface area contributed by atoms with Gasteiger partial charge in [0.15, 0.2) is 6.10 Å². The van der Waals surface area contributed by atoms with Crippen molar-refractivity contribution in [3.8, 4) is 17.2 Å². The Labute approximate surface area is 230 Å². The molecule has 0 spiro atoms. The average Bonchev–Trinajstić information content (AvgIpc) is 2.91. The van der Waals surface area contributed by atoms with Crippen LogP contribution in [0.1, 0.15) is 50.4 Å². The monoisotopic (exact) mass is 552 g/mol. The summed E-state index contributed by atoms with van der Waals surface area (Å²) in [5.74, 6) is 1.11. The number of rotatable bonds is 7. The number of nitrogens with zero attached hydrogens (tertiary/aromatic N) is 1. The van der Waals surface area contributed by atoms with E-state index in [9.17, 15) is 13.2 Å². The summed E-state index contributed by atoms with van der Waals surface area (Å²) in [4.78, 5) is 13.6. The van der Waals surface area contributed by atoms with Gasteiger partial charge in [0.1, 0.15) is 17.2 Å². The summed E-state index contributed by atoms with van der Waals surface area (Å²) in [6, 6.07) is 17.0. The van der Waals surface area contributed by atoms with Crippen LogP contribution in [0.25, 0.3) is 0 Å². The number of fused-ring (bicyclic) bond motifs is 1. The van der Waals surface area contributed by atoms with E-state index >= 15 is 0 Å². The van der Waals surface area contributed by atoms with Crippen LogP contribution in [0.15, 0.2) is 65.6 Å². The number of sulfonamides is 1. The van der Waals surface area contributed by atoms with E-state index in [1.165, 1.54) is 4.31 Å². The maximum absolute atomic E-state index is 13.9. The van der Waals surface area contributed by atoms with Crippen LogP contribution in [0, 0.1) is 6.92 Å². The molecule has 0 bridgehead atoms. The fourth-order valence-electron chi connectivity index (χ4n) is 4.48. The third-order valence-corrected chi connectivity index (χ3v) is 8.65. The standard InChI is InChI=1S/C30H36N2O6S/c1-19-8-12-23(13-9-19)39(34,35)32-18-28(38-27-14-10-21(16-25(27)32)30(3,4)5)29(33)31-20(2)24-17-22(36-6)11-15-26(24)37-7/h8-17,20,28H,18H2,1-7H3,(H,31,33)/t20-,28+/m0/s1. The molecule has 9 heteroatoms. The van der Waals surface area contributed by atoms with Crippen LogP contribution < -0.4 is 23.8 Å². The predicted octanol–water partition coefficient (Wildman–Crippen LogP) is 5.14. The zero-order valence-electron chi connectivity index (χ0n) is 23.4. The molecular weight excluding hydrogens is 516 g/mol. The minimum Gasteiger partial charge on any atom is -0.497 e. The quantitative estimate of drug-likeness (QED) is 0.436. The van der Waals surface area contributed by atoms with E-state index in [4.69, 9.17) is 14.2 Å². The molecule has 0 aromatic heterocycles. The van der Waals surface area contributed by atoms with Crippen LogP contribution in [-0.4, -0.2) is 41.2 Å². The van der Waals surface area contributed by atoms with Crippen LogP contribution in [0.2, 0.25) is 0 Å². The van der Waals surface area contributed by atoms with Gasteiger partial charge in [0.25, 0.3) is 15.9 Å². The third-order valence-electron chi connectivity index (χ3n) is 6.86. The molecule has 3 aromatic rings. The van der Waals surface area contributed by atoms with Gasteiger partial charge in [-0.15, -0.1) is 0 Å². The van der Waals surface area contributed by atoms with Crippen LogP contribution in [0.3, 0.4) is 0 Å². The lowest BCUT2D eigenvalue weighted by Crippen LogP contribution is -2.51. The van der Waals surface area contributed by atoms with E-state index < -0.39 is 28.1 Å². The Morgan fingerprint density at radius 2 is 1.72 bits per heavy atom. The molecule has 0 saturated carbocycles. The van der Waals surface area contributed by atoms with Gasteiger partial charge >= 0.3 is 0 Å². The van der Waals surface area contributed by atoms with E-state index in [2.05, 4.69) is 26.1 Å². The van der Waals surface area contributed by atoms with Gasteiger partial charge in [0, 0.05) is 5.56 Å². The predicted molar refractivity (Wildman–Crippen MR) is 151 cm³/mol. The minimum absolute atomic E-state index is 0.149. The van der Waals surface area contributed by atoms with Crippen molar-refractivity contribution in [3.05, 3.63) is 77.4 Å². The molecule has 39 heavy (non-hydrogen) atoms. The van der Waals surface area contributed by atoms with Crippen LogP contribution in [0.5, 0.6) is 17.2 Å². The SMILES string of the molecule is COc1ccc(OC)c([C@H](C)NC(=O)[C@H]2CN(S(=O)(=O)c3ccc(C)cc3)c3cc(C(C)(C)C)ccc3O2)c1. The van der Waals surface area contributed by atoms with E-state index in [1.807, 2.05) is 26.0 Å². The van der Waals surface area contributed by atoms with Gasteiger partial charge < -0.3 is 19.5 Å². The molecule has 1 N–H and O–H groups in total. The maximum atomic E-state index is 13.9. The van der Waals surface area contributed by atoms with Crippen molar-refractivity contribution < 1.29 is 27.4 Å². The fraction of sp³-hybridized carbons (Fsp3) is 0.367. The van der Waals surface area contributed by atoms with Gasteiger partial charge in [-0.1, -0.05) is 44.5 Å². The molecule has 0 fully saturated rings. The smallest absolute Gasteiger partial charge is 0.264 e. The van der Waals surface area contributed by atoms with Crippen LogP contribution >= 0.6 is 0 Å². The lowest BCUT2D eigenvalue weighted by atomic mass is 9.86. The van der Waals surface area contributed by atoms with Crippen molar-refractivity contribution in [2.75, 3.05) is 25.1 Å². The second-order valence-electron chi connectivity index (χ2n) is 10.7. The number of carbonyl (C=O) groups is 1. The van der Waals surface area contributed by atoms with Crippen molar-refractivity contribution in [2.24, 2.45) is 0 Å². The van der Waals surface area contributed by atoms with Gasteiger partial charge in [-0.05, 0) is 67.3 Å². The van der Waals surface area contributed by atoms with Crippen LogP contribution in [0.4, 0.5) is 5.69 Å². The highest BCUT2D eigenvalue weighted by atomic mass is 32.2. The van der Waals surface area contributed by atoms with Crippen molar-refractivity contribution in [2.45, 2.75) is 57.1 Å². The molecule has 1 aliphatic heterocycles. The molecule has 0 radical (unpaired) electrons. The molecule has 8 nitrogen and oxygen atoms in total. The Hall–Kier alpha value is -3.72. The summed E-state index contributed by atoms with van der Waals surface area (Å²) in [6.45, 7) is 9.72. The van der Waals surface area contributed by atoms with Crippen molar-refractivity contribution >= 4 is 21.6 Å². The minimum atomic E-state index is -3.98. The number of benzene rings is 3. The fourth-order valence-corrected chi connectivity index (χ4v) is 5.95. The van der Waals surface area contributed by atoms with Gasteiger partial charge in [-0.3, -0.25) is 9.10 Å². The number of aryl methyl sites for hydroxylation is 1. The largest absolute Gasteiger partial charge is 0.497 e. The lowest BCUT2D eigenvalue weighted by Gasteiger charge is -2.36. The Bertz CT molecular complexity index is 1460. The molecule has 0 saturated heterocycles. The van der Waals surface area contributed by atoms with Gasteiger partial charge in [0.2, 0.25) is 0 Å². The molecule has 1 amide bonds. The summed E-state index contributed by atoms with van der Waals surface area (Å²) in [5.41, 5.74) is 2.82. The highest BCUT2D eigenvalue weighted by molar-refractivity contribution is 7.92. The normalized spacial score (nSPS) is 16.1. The Balaban J connectivity index is 1.70. The second-order valence-corrected chi connectivity index (χ2v) is 12.6. The number of amides is 1. The van der Waals surface area contributed by atoms with Gasteiger partial charge in [-0.2, -0.15) is 0 Å². The van der Waals surface area contributed by atoms with Gasteiger partial charge in [0.05, 0.1) is 37.4 Å². The van der Waals surface area contributed by atoms with E-state index in [0.717, 1.165) is 16.7 Å². The van der Waals surface area contributed by atoms with Crippen molar-refractivity contribution in [3.63, 3.8) is 0 Å². The summed E-state index contributed by atoms with van der Waals surface area (Å²) in [7, 11) is -0.862. The first-order valence-electron chi connectivity index (χ1n) is 12.8. The van der Waals surface area contributed by atoms with Crippen LogP contribution in [-0.2, 0) is 20.2 Å². The number of anilines is 1. The summed E-state index contributed by atoms with van der Waals surface area (Å²) < 4.78 is 46.0. The van der Waals surface area contributed by atoms with Gasteiger partial charge in [-0.25, -0.2) is 8.42 Å². The van der Waals surface area contributed by atoms with E-state index in [0.29, 0.717) is 22.9 Å². The number of nitrogens with one attached hydrogen (secondary N) is 1. The molecular formula is C30H36N2O6S. The van der Waals surface area contributed by atoms with Crippen molar-refractivity contribution in [1.82, 2.24) is 5.32 Å². The Morgan fingerprint density at radius 3 is 2.33 bits per heavy atom. The topological polar surface area (TPSA) is 94.2 Å². The molecule has 4 rings (SSSR count). The molecule has 208 valence electrons. The first-order valence-corrected chi connectivity index (χ1v) is 14.2. The van der Waals surface area contributed by atoms with E-state index in [-0.39, 0.29) is 16.9 Å². The number of hydrogen-bond donors (Lipinski definition) is 1. The number of hydrogen-bond acceptors (Lipinski definition) is 6. The maximum Gasteiger partial charge on any atom is 0.264 e. The highest BCUT2D eigenvalue weighted by Gasteiger charge is 2.38. The summed E-state index contributed by atoms with van der Waals surface area (Å²) in [5, 5.41) is 2.96. The second kappa shape index (κ2) is 10.8. The zero-order valence-corrected chi connectivity index (χ0v) is 24.3. The first kappa shape index (κ1) is 28.3. The molecule has 0 aliphatic carbocycles. The van der Waals surface area contributed by atoms with E-state index in [1.54, 1.807) is 62.8 Å². The highest BCUT2D eigenvalue weighted by Crippen LogP contribution is 2.40. The zero-order chi connectivity index (χ0) is 28.5. The summed E-state index contributed by atoms with van der Waals surface area (Å²) >= 11 is 0. The first-order chi connectivity index (χ1) is 18.3. The Kier molecular flexibility index (Phi) is 7.84. The number of methoxy groups -OCH3 is 2. The summed E-state index contributed by atoms with van der Waals surface area (Å²) in [6.07, 6.45) is -1.07. The number of ether oxygens (including phenoxy) is 3. The lowest BCUT2D eigenvalue weighted by molar-refractivity contribution is -0.128. The molecule has 0 unspecified atom stereocenters. The molecule has 3 aromatic carbocycles. The molecule has 1 heterocycles. The average molecular weight is 553 g/mol. The Morgan fingerprint density at radius 1 is 1.03 bits per heavy atom. The number of carbonyl (C=O) groups excluding carboxylic acids is 1.